The van der Waals surface area contributed by atoms with Crippen LogP contribution in [0.15, 0.2) is 30.3 Å². The van der Waals surface area contributed by atoms with Crippen molar-refractivity contribution >= 4 is 12.0 Å². The average Bonchev–Trinajstić information content (AvgIpc) is 2.48. The number of nitrogens with zero attached hydrogens (tertiary/aromatic N) is 2. The fourth-order valence-electron chi connectivity index (χ4n) is 3.72. The number of benzene rings is 1. The maximum absolute atomic E-state index is 12.4. The van der Waals surface area contributed by atoms with Gasteiger partial charge in [-0.25, -0.2) is 4.79 Å². The van der Waals surface area contributed by atoms with Gasteiger partial charge in [-0.1, -0.05) is 30.3 Å². The van der Waals surface area contributed by atoms with E-state index in [0.717, 1.165) is 32.2 Å². The van der Waals surface area contributed by atoms with Crippen LogP contribution in [0, 0.1) is 0 Å². The number of hydrogen-bond donors (Lipinski definition) is 0. The Bertz CT molecular complexity index is 645. The number of carbonyl (C=O) groups is 2. The third kappa shape index (κ3) is 4.19. The first kappa shape index (κ1) is 18.7. The summed E-state index contributed by atoms with van der Waals surface area (Å²) in [6, 6.07) is 10.4. The largest absolute Gasteiger partial charge is 0.444 e. The van der Waals surface area contributed by atoms with E-state index in [4.69, 9.17) is 4.74 Å². The van der Waals surface area contributed by atoms with Crippen LogP contribution in [0.4, 0.5) is 4.79 Å². The SMILES string of the molecule is CC(C)(C)OC(=O)N1CCC12CN(C(=O)CCCCc1ccccc1)C2. The summed E-state index contributed by atoms with van der Waals surface area (Å²) in [5.41, 5.74) is 0.679. The lowest BCUT2D eigenvalue weighted by Crippen LogP contribution is -2.78. The summed E-state index contributed by atoms with van der Waals surface area (Å²) in [5, 5.41) is 0. The minimum atomic E-state index is -0.480. The molecule has 1 spiro atoms. The van der Waals surface area contributed by atoms with Crippen LogP contribution in [-0.2, 0) is 16.0 Å². The molecule has 5 nitrogen and oxygen atoms in total. The van der Waals surface area contributed by atoms with Gasteiger partial charge in [0.25, 0.3) is 0 Å². The number of carbonyl (C=O) groups excluding carboxylic acids is 2. The first-order chi connectivity index (χ1) is 12.3. The summed E-state index contributed by atoms with van der Waals surface area (Å²) >= 11 is 0. The van der Waals surface area contributed by atoms with Crippen LogP contribution in [-0.4, -0.2) is 52.6 Å². The second kappa shape index (κ2) is 7.29. The molecule has 2 saturated heterocycles. The van der Waals surface area contributed by atoms with Crippen LogP contribution in [0.3, 0.4) is 0 Å². The lowest BCUT2D eigenvalue weighted by atomic mass is 9.77. The molecular formula is C21H30N2O3. The van der Waals surface area contributed by atoms with Crippen molar-refractivity contribution in [1.82, 2.24) is 9.80 Å². The summed E-state index contributed by atoms with van der Waals surface area (Å²) in [7, 11) is 0. The van der Waals surface area contributed by atoms with E-state index >= 15 is 0 Å². The van der Waals surface area contributed by atoms with E-state index in [9.17, 15) is 9.59 Å². The molecule has 0 N–H and O–H groups in total. The highest BCUT2D eigenvalue weighted by Gasteiger charge is 2.57. The minimum Gasteiger partial charge on any atom is -0.444 e. The Morgan fingerprint density at radius 2 is 1.81 bits per heavy atom. The Morgan fingerprint density at radius 1 is 1.12 bits per heavy atom. The van der Waals surface area contributed by atoms with Crippen LogP contribution in [0.25, 0.3) is 0 Å². The molecule has 142 valence electrons. The molecule has 3 rings (SSSR count). The van der Waals surface area contributed by atoms with E-state index < -0.39 is 5.60 Å². The van der Waals surface area contributed by atoms with E-state index in [1.54, 1.807) is 4.90 Å². The van der Waals surface area contributed by atoms with Gasteiger partial charge < -0.3 is 9.64 Å². The van der Waals surface area contributed by atoms with Gasteiger partial charge in [-0.15, -0.1) is 0 Å². The van der Waals surface area contributed by atoms with Gasteiger partial charge in [0.2, 0.25) is 5.91 Å². The highest BCUT2D eigenvalue weighted by Crippen LogP contribution is 2.40. The number of aryl methyl sites for hydroxylation is 1. The smallest absolute Gasteiger partial charge is 0.410 e. The molecule has 5 heteroatoms. The molecule has 2 aliphatic rings. The van der Waals surface area contributed by atoms with Gasteiger partial charge in [0.1, 0.15) is 5.60 Å². The van der Waals surface area contributed by atoms with Crippen molar-refractivity contribution in [3.8, 4) is 0 Å². The Kier molecular flexibility index (Phi) is 5.26. The summed E-state index contributed by atoms with van der Waals surface area (Å²) in [6.45, 7) is 7.68. The molecule has 0 bridgehead atoms. The summed E-state index contributed by atoms with van der Waals surface area (Å²) in [5.74, 6) is 0.208. The molecule has 0 unspecified atom stereocenters. The van der Waals surface area contributed by atoms with Gasteiger partial charge in [-0.2, -0.15) is 0 Å². The molecule has 0 aromatic heterocycles. The molecule has 1 aromatic rings. The van der Waals surface area contributed by atoms with Crippen LogP contribution in [0.5, 0.6) is 0 Å². The fourth-order valence-corrected chi connectivity index (χ4v) is 3.72. The van der Waals surface area contributed by atoms with Crippen molar-refractivity contribution in [3.63, 3.8) is 0 Å². The Labute approximate surface area is 156 Å². The third-order valence-electron chi connectivity index (χ3n) is 5.26. The number of ether oxygens (including phenoxy) is 1. The zero-order valence-corrected chi connectivity index (χ0v) is 16.2. The quantitative estimate of drug-likeness (QED) is 0.756. The van der Waals surface area contributed by atoms with E-state index in [0.29, 0.717) is 19.5 Å². The van der Waals surface area contributed by atoms with E-state index in [2.05, 4.69) is 24.3 Å². The topological polar surface area (TPSA) is 49.9 Å². The second-order valence-electron chi connectivity index (χ2n) is 8.55. The standard InChI is InChI=1S/C21H30N2O3/c1-20(2,3)26-19(25)23-14-13-21(23)15-22(16-21)18(24)12-8-7-11-17-9-5-4-6-10-17/h4-6,9-10H,7-8,11-16H2,1-3H3. The number of rotatable bonds is 5. The lowest BCUT2D eigenvalue weighted by Gasteiger charge is -2.61. The summed E-state index contributed by atoms with van der Waals surface area (Å²) in [6.07, 6.45) is 4.26. The van der Waals surface area contributed by atoms with Crippen LogP contribution < -0.4 is 0 Å². The number of unbranched alkanes of at least 4 members (excludes halogenated alkanes) is 1. The number of likely N-dealkylation sites (tertiary alicyclic amines) is 2. The Balaban J connectivity index is 1.37. The maximum Gasteiger partial charge on any atom is 0.410 e. The van der Waals surface area contributed by atoms with Crippen molar-refractivity contribution in [1.29, 1.82) is 0 Å². The van der Waals surface area contributed by atoms with Gasteiger partial charge in [-0.05, 0) is 52.0 Å². The molecule has 0 atom stereocenters. The molecule has 0 saturated carbocycles. The third-order valence-corrected chi connectivity index (χ3v) is 5.26. The van der Waals surface area contributed by atoms with E-state index in [1.165, 1.54) is 5.56 Å². The molecule has 1 aromatic carbocycles. The first-order valence-corrected chi connectivity index (χ1v) is 9.61. The van der Waals surface area contributed by atoms with Gasteiger partial charge >= 0.3 is 6.09 Å². The van der Waals surface area contributed by atoms with Crippen LogP contribution in [0.2, 0.25) is 0 Å². The van der Waals surface area contributed by atoms with Gasteiger partial charge in [0.15, 0.2) is 0 Å². The van der Waals surface area contributed by atoms with Gasteiger partial charge in [0.05, 0.1) is 5.54 Å². The minimum absolute atomic E-state index is 0.165. The van der Waals surface area contributed by atoms with E-state index in [-0.39, 0.29) is 17.5 Å². The van der Waals surface area contributed by atoms with E-state index in [1.807, 2.05) is 31.7 Å². The molecule has 26 heavy (non-hydrogen) atoms. The summed E-state index contributed by atoms with van der Waals surface area (Å²) < 4.78 is 5.47. The number of hydrogen-bond acceptors (Lipinski definition) is 3. The number of amides is 2. The van der Waals surface area contributed by atoms with Gasteiger partial charge in [-0.3, -0.25) is 9.69 Å². The zero-order chi connectivity index (χ0) is 18.8. The molecule has 2 aliphatic heterocycles. The molecule has 0 radical (unpaired) electrons. The normalized spacial score (nSPS) is 18.3. The fraction of sp³-hybridized carbons (Fsp3) is 0.619. The van der Waals surface area contributed by atoms with Crippen molar-refractivity contribution in [3.05, 3.63) is 35.9 Å². The maximum atomic E-state index is 12.4. The predicted octanol–water partition coefficient (Wildman–Crippen LogP) is 3.62. The molecule has 2 amide bonds. The van der Waals surface area contributed by atoms with Crippen LogP contribution in [0.1, 0.15) is 52.0 Å². The van der Waals surface area contributed by atoms with Crippen molar-refractivity contribution in [2.45, 2.75) is 64.0 Å². The highest BCUT2D eigenvalue weighted by molar-refractivity contribution is 5.79. The van der Waals surface area contributed by atoms with Crippen molar-refractivity contribution < 1.29 is 14.3 Å². The monoisotopic (exact) mass is 358 g/mol. The lowest BCUT2D eigenvalue weighted by molar-refractivity contribution is -0.158. The Morgan fingerprint density at radius 3 is 2.38 bits per heavy atom. The highest BCUT2D eigenvalue weighted by atomic mass is 16.6. The summed E-state index contributed by atoms with van der Waals surface area (Å²) in [4.78, 5) is 28.3. The molecule has 2 fully saturated rings. The molecule has 2 heterocycles. The second-order valence-corrected chi connectivity index (χ2v) is 8.55. The predicted molar refractivity (Wildman–Crippen MR) is 101 cm³/mol. The molecule has 0 aliphatic carbocycles. The Hall–Kier alpha value is -2.04. The van der Waals surface area contributed by atoms with Crippen molar-refractivity contribution in [2.75, 3.05) is 19.6 Å². The van der Waals surface area contributed by atoms with Gasteiger partial charge in [0, 0.05) is 26.1 Å². The van der Waals surface area contributed by atoms with Crippen LogP contribution >= 0.6 is 0 Å². The average molecular weight is 358 g/mol. The zero-order valence-electron chi connectivity index (χ0n) is 16.2. The first-order valence-electron chi connectivity index (χ1n) is 9.61. The molecular weight excluding hydrogens is 328 g/mol. The van der Waals surface area contributed by atoms with Crippen molar-refractivity contribution in [2.24, 2.45) is 0 Å².